The Morgan fingerprint density at radius 3 is 2.32 bits per heavy atom. The van der Waals surface area contributed by atoms with E-state index in [4.69, 9.17) is 11.6 Å². The number of amides is 1. The maximum absolute atomic E-state index is 13.9. The maximum atomic E-state index is 13.9. The molecular formula is C29H38ClNO2S. The number of nitrogens with zero attached hydrogens (tertiary/aromatic N) is 1. The van der Waals surface area contributed by atoms with Crippen molar-refractivity contribution in [1.29, 1.82) is 0 Å². The van der Waals surface area contributed by atoms with Crippen LogP contribution in [-0.2, 0) is 4.79 Å². The zero-order valence-corrected chi connectivity index (χ0v) is 22.0. The third-order valence-corrected chi connectivity index (χ3v) is 9.69. The van der Waals surface area contributed by atoms with Crippen molar-refractivity contribution in [3.05, 3.63) is 64.7 Å². The largest absolute Gasteiger partial charge is 0.386 e. The summed E-state index contributed by atoms with van der Waals surface area (Å²) in [5.74, 6) is 0.409. The topological polar surface area (TPSA) is 40.5 Å². The number of carbonyl (C=O) groups excluding carboxylic acids is 1. The summed E-state index contributed by atoms with van der Waals surface area (Å²) in [5.41, 5.74) is 1.84. The third kappa shape index (κ3) is 6.19. The molecule has 1 amide bonds. The molecule has 3 nitrogen and oxygen atoms in total. The van der Waals surface area contributed by atoms with E-state index < -0.39 is 6.10 Å². The van der Waals surface area contributed by atoms with Crippen LogP contribution in [0.3, 0.4) is 0 Å². The second kappa shape index (κ2) is 12.0. The highest BCUT2D eigenvalue weighted by atomic mass is 35.5. The highest BCUT2D eigenvalue weighted by Crippen LogP contribution is 2.41. The van der Waals surface area contributed by atoms with Crippen LogP contribution >= 0.6 is 23.4 Å². The van der Waals surface area contributed by atoms with E-state index in [1.54, 1.807) is 4.90 Å². The van der Waals surface area contributed by atoms with Gasteiger partial charge in [-0.3, -0.25) is 4.79 Å². The number of carbonyl (C=O) groups is 1. The maximum Gasteiger partial charge on any atom is 0.230 e. The van der Waals surface area contributed by atoms with Crippen LogP contribution in [0.4, 0.5) is 0 Å². The van der Waals surface area contributed by atoms with Gasteiger partial charge in [0.05, 0.1) is 23.1 Å². The molecule has 34 heavy (non-hydrogen) atoms. The van der Waals surface area contributed by atoms with Gasteiger partial charge in [0.2, 0.25) is 5.91 Å². The van der Waals surface area contributed by atoms with Crippen LogP contribution < -0.4 is 0 Å². The van der Waals surface area contributed by atoms with Crippen molar-refractivity contribution in [1.82, 2.24) is 4.90 Å². The lowest BCUT2D eigenvalue weighted by Gasteiger charge is -2.33. The minimum atomic E-state index is -0.726. The number of likely N-dealkylation sites (N-methyl/N-ethyl adjacent to an activating group) is 1. The van der Waals surface area contributed by atoms with Crippen molar-refractivity contribution < 1.29 is 9.90 Å². The van der Waals surface area contributed by atoms with Crippen molar-refractivity contribution in [2.24, 2.45) is 5.92 Å². The van der Waals surface area contributed by atoms with Gasteiger partial charge in [-0.25, -0.2) is 0 Å². The second-order valence-corrected chi connectivity index (χ2v) is 11.9. The number of aliphatic hydroxyl groups excluding tert-OH is 1. The van der Waals surface area contributed by atoms with E-state index in [2.05, 4.69) is 12.1 Å². The van der Waals surface area contributed by atoms with Crippen molar-refractivity contribution >= 4 is 29.3 Å². The van der Waals surface area contributed by atoms with Gasteiger partial charge >= 0.3 is 0 Å². The Balaban J connectivity index is 1.53. The molecule has 0 aliphatic heterocycles. The van der Waals surface area contributed by atoms with Gasteiger partial charge < -0.3 is 10.0 Å². The van der Waals surface area contributed by atoms with Crippen LogP contribution in [0.5, 0.6) is 0 Å². The van der Waals surface area contributed by atoms with Crippen LogP contribution in [0, 0.1) is 5.92 Å². The zero-order valence-electron chi connectivity index (χ0n) is 20.5. The molecule has 0 bridgehead atoms. The summed E-state index contributed by atoms with van der Waals surface area (Å²) in [6, 6.07) is 15.5. The van der Waals surface area contributed by atoms with Gasteiger partial charge in [0.25, 0.3) is 0 Å². The molecule has 3 atom stereocenters. The predicted molar refractivity (Wildman–Crippen MR) is 143 cm³/mol. The molecule has 2 fully saturated rings. The first-order valence-corrected chi connectivity index (χ1v) is 14.2. The number of rotatable bonds is 9. The summed E-state index contributed by atoms with van der Waals surface area (Å²) in [6.45, 7) is 1.93. The summed E-state index contributed by atoms with van der Waals surface area (Å²) in [6.07, 6.45) is 10.2. The Kier molecular flexibility index (Phi) is 9.01. The summed E-state index contributed by atoms with van der Waals surface area (Å²) in [5, 5.41) is 12.4. The van der Waals surface area contributed by atoms with Crippen LogP contribution in [0.1, 0.15) is 87.9 Å². The molecule has 5 heteroatoms. The van der Waals surface area contributed by atoms with Crippen LogP contribution in [0.2, 0.25) is 5.02 Å². The number of halogens is 1. The van der Waals surface area contributed by atoms with Crippen molar-refractivity contribution in [2.45, 2.75) is 92.9 Å². The van der Waals surface area contributed by atoms with Gasteiger partial charge in [-0.2, -0.15) is 0 Å². The SMILES string of the molecule is C[C@H]([C@H](O)c1ccccc1)N(C)C(=O)[C@H](CC1CCCC1)c1ccc(SC2CCCC2)c(Cl)c1. The highest BCUT2D eigenvalue weighted by molar-refractivity contribution is 8.00. The van der Waals surface area contributed by atoms with E-state index in [0.29, 0.717) is 11.2 Å². The normalized spacial score (nSPS) is 19.8. The highest BCUT2D eigenvalue weighted by Gasteiger charge is 2.33. The molecule has 0 radical (unpaired) electrons. The number of thioether (sulfide) groups is 1. The number of hydrogen-bond donors (Lipinski definition) is 1. The van der Waals surface area contributed by atoms with Gasteiger partial charge in [0.15, 0.2) is 0 Å². The summed E-state index contributed by atoms with van der Waals surface area (Å²) in [7, 11) is 1.83. The summed E-state index contributed by atoms with van der Waals surface area (Å²) < 4.78 is 0. The number of hydrogen-bond acceptors (Lipinski definition) is 3. The lowest BCUT2D eigenvalue weighted by molar-refractivity contribution is -0.136. The minimum absolute atomic E-state index is 0.0710. The molecular weight excluding hydrogens is 462 g/mol. The van der Waals surface area contributed by atoms with Crippen molar-refractivity contribution in [3.8, 4) is 0 Å². The molecule has 0 saturated heterocycles. The summed E-state index contributed by atoms with van der Waals surface area (Å²) in [4.78, 5) is 16.7. The lowest BCUT2D eigenvalue weighted by Crippen LogP contribution is -2.42. The van der Waals surface area contributed by atoms with Gasteiger partial charge in [0.1, 0.15) is 0 Å². The smallest absolute Gasteiger partial charge is 0.230 e. The van der Waals surface area contributed by atoms with Crippen LogP contribution in [0.25, 0.3) is 0 Å². The lowest BCUT2D eigenvalue weighted by atomic mass is 9.86. The fourth-order valence-electron chi connectivity index (χ4n) is 5.56. The Morgan fingerprint density at radius 2 is 1.68 bits per heavy atom. The quantitative estimate of drug-likeness (QED) is 0.385. The molecule has 0 heterocycles. The molecule has 0 spiro atoms. The Labute approximate surface area is 214 Å². The van der Waals surface area contributed by atoms with E-state index >= 15 is 0 Å². The Hall–Kier alpha value is -1.49. The molecule has 2 saturated carbocycles. The van der Waals surface area contributed by atoms with E-state index in [0.717, 1.165) is 27.5 Å². The van der Waals surface area contributed by atoms with E-state index in [9.17, 15) is 9.90 Å². The second-order valence-electron chi connectivity index (χ2n) is 10.2. The molecule has 1 N–H and O–H groups in total. The van der Waals surface area contributed by atoms with Crippen LogP contribution in [0.15, 0.2) is 53.4 Å². The molecule has 4 rings (SSSR count). The van der Waals surface area contributed by atoms with Gasteiger partial charge in [-0.15, -0.1) is 11.8 Å². The molecule has 2 aromatic rings. The number of benzene rings is 2. The monoisotopic (exact) mass is 499 g/mol. The fraction of sp³-hybridized carbons (Fsp3) is 0.552. The predicted octanol–water partition coefficient (Wildman–Crippen LogP) is 7.62. The first-order chi connectivity index (χ1) is 16.4. The molecule has 2 aliphatic carbocycles. The van der Waals surface area contributed by atoms with E-state index in [1.807, 2.05) is 62.1 Å². The van der Waals surface area contributed by atoms with Gasteiger partial charge in [-0.1, -0.05) is 86.5 Å². The minimum Gasteiger partial charge on any atom is -0.386 e. The molecule has 2 aliphatic rings. The standard InChI is InChI=1S/C29H38ClNO2S/c1-20(28(32)22-12-4-3-5-13-22)31(2)29(33)25(18-21-10-6-7-11-21)23-16-17-27(26(30)19-23)34-24-14-8-9-15-24/h3-5,12-13,16-17,19-21,24-25,28,32H,6-11,14-15,18H2,1-2H3/t20-,25-,28+/m1/s1. The molecule has 0 aromatic heterocycles. The average Bonchev–Trinajstić information content (AvgIpc) is 3.57. The van der Waals surface area contributed by atoms with Crippen molar-refractivity contribution in [3.63, 3.8) is 0 Å². The van der Waals surface area contributed by atoms with Crippen LogP contribution in [-0.4, -0.2) is 34.3 Å². The molecule has 184 valence electrons. The Bertz CT molecular complexity index is 940. The van der Waals surface area contributed by atoms with Gasteiger partial charge in [-0.05, 0) is 55.4 Å². The number of aliphatic hydroxyl groups is 1. The molecule has 0 unspecified atom stereocenters. The first-order valence-electron chi connectivity index (χ1n) is 12.9. The van der Waals surface area contributed by atoms with Gasteiger partial charge in [0, 0.05) is 17.2 Å². The van der Waals surface area contributed by atoms with Crippen molar-refractivity contribution in [2.75, 3.05) is 7.05 Å². The van der Waals surface area contributed by atoms with E-state index in [-0.39, 0.29) is 17.9 Å². The zero-order chi connectivity index (χ0) is 24.1. The van der Waals surface area contributed by atoms with E-state index in [1.165, 1.54) is 51.4 Å². The molecule has 2 aromatic carbocycles. The summed E-state index contributed by atoms with van der Waals surface area (Å²) >= 11 is 8.65. The third-order valence-electron chi connectivity index (χ3n) is 7.85. The average molecular weight is 500 g/mol. The Morgan fingerprint density at radius 1 is 1.03 bits per heavy atom. The fourth-order valence-corrected chi connectivity index (χ4v) is 7.13. The first kappa shape index (κ1) is 25.6.